The van der Waals surface area contributed by atoms with Crippen molar-refractivity contribution < 1.29 is 14.4 Å². The number of carbonyl (C=O) groups is 1. The maximum Gasteiger partial charge on any atom is 0.307 e. The number of aromatic nitrogens is 2. The number of carboxylic acid groups (broad SMARTS) is 1. The summed E-state index contributed by atoms with van der Waals surface area (Å²) in [4.78, 5) is 15.0. The van der Waals surface area contributed by atoms with Crippen LogP contribution in [0.25, 0.3) is 0 Å². The minimum absolute atomic E-state index is 0.258. The van der Waals surface area contributed by atoms with Crippen LogP contribution in [0, 0.1) is 11.8 Å². The second-order valence-electron chi connectivity index (χ2n) is 4.56. The van der Waals surface area contributed by atoms with Crippen molar-refractivity contribution in [1.82, 2.24) is 10.1 Å². The Balaban J connectivity index is 2.73. The van der Waals surface area contributed by atoms with Crippen molar-refractivity contribution in [3.8, 4) is 0 Å². The summed E-state index contributed by atoms with van der Waals surface area (Å²) in [6.07, 6.45) is 0.748. The van der Waals surface area contributed by atoms with Crippen LogP contribution in [0.5, 0.6) is 0 Å². The molecule has 0 spiro atoms. The number of aliphatic carboxylic acids is 1. The Hall–Kier alpha value is -1.39. The van der Waals surface area contributed by atoms with Gasteiger partial charge in [-0.3, -0.25) is 4.79 Å². The molecule has 0 aromatic carbocycles. The topological polar surface area (TPSA) is 76.2 Å². The van der Waals surface area contributed by atoms with Gasteiger partial charge in [-0.1, -0.05) is 32.9 Å². The largest absolute Gasteiger partial charge is 0.481 e. The Labute approximate surface area is 94.9 Å². The van der Waals surface area contributed by atoms with Gasteiger partial charge in [-0.2, -0.15) is 4.98 Å². The van der Waals surface area contributed by atoms with Crippen LogP contribution < -0.4 is 0 Å². The van der Waals surface area contributed by atoms with E-state index in [-0.39, 0.29) is 5.92 Å². The first-order valence-corrected chi connectivity index (χ1v) is 5.47. The Bertz CT molecular complexity index is 360. The maximum absolute atomic E-state index is 10.8. The number of hydrogen-bond donors (Lipinski definition) is 1. The summed E-state index contributed by atoms with van der Waals surface area (Å²) in [6, 6.07) is 0. The molecule has 1 N–H and O–H groups in total. The van der Waals surface area contributed by atoms with Gasteiger partial charge in [0.2, 0.25) is 5.89 Å². The lowest BCUT2D eigenvalue weighted by Crippen LogP contribution is -2.17. The molecule has 2 unspecified atom stereocenters. The molecule has 90 valence electrons. The summed E-state index contributed by atoms with van der Waals surface area (Å²) in [5.41, 5.74) is 0. The Morgan fingerprint density at radius 2 is 2.00 bits per heavy atom. The molecule has 0 fully saturated rings. The Morgan fingerprint density at radius 3 is 2.50 bits per heavy atom. The van der Waals surface area contributed by atoms with Crippen molar-refractivity contribution in [3.05, 3.63) is 11.7 Å². The molecular formula is C11H18N2O3. The molecule has 0 radical (unpaired) electrons. The summed E-state index contributed by atoms with van der Waals surface area (Å²) in [5, 5.41) is 12.7. The van der Waals surface area contributed by atoms with Crippen molar-refractivity contribution in [1.29, 1.82) is 0 Å². The number of hydrogen-bond acceptors (Lipinski definition) is 4. The van der Waals surface area contributed by atoms with Crippen LogP contribution in [0.4, 0.5) is 0 Å². The predicted molar refractivity (Wildman–Crippen MR) is 58.1 cm³/mol. The van der Waals surface area contributed by atoms with Crippen molar-refractivity contribution in [3.63, 3.8) is 0 Å². The van der Waals surface area contributed by atoms with E-state index in [0.717, 1.165) is 6.42 Å². The second-order valence-corrected chi connectivity index (χ2v) is 4.56. The van der Waals surface area contributed by atoms with Gasteiger partial charge in [0.25, 0.3) is 0 Å². The third kappa shape index (κ3) is 3.05. The first kappa shape index (κ1) is 12.7. The lowest BCUT2D eigenvalue weighted by molar-refractivity contribution is -0.141. The Morgan fingerprint density at radius 1 is 1.38 bits per heavy atom. The predicted octanol–water partition coefficient (Wildman–Crippen LogP) is 2.09. The second kappa shape index (κ2) is 5.09. The van der Waals surface area contributed by atoms with Crippen LogP contribution in [-0.2, 0) is 11.2 Å². The fourth-order valence-electron chi connectivity index (χ4n) is 1.33. The quantitative estimate of drug-likeness (QED) is 0.831. The lowest BCUT2D eigenvalue weighted by atomic mass is 9.96. The molecule has 0 aliphatic rings. The van der Waals surface area contributed by atoms with E-state index in [4.69, 9.17) is 9.63 Å². The average molecular weight is 226 g/mol. The highest BCUT2D eigenvalue weighted by Crippen LogP contribution is 2.22. The monoisotopic (exact) mass is 226 g/mol. The summed E-state index contributed by atoms with van der Waals surface area (Å²) >= 11 is 0. The number of nitrogens with zero attached hydrogens (tertiary/aromatic N) is 2. The maximum atomic E-state index is 10.8. The molecule has 1 aromatic heterocycles. The zero-order valence-corrected chi connectivity index (χ0v) is 10.1. The molecule has 0 aliphatic carbocycles. The average Bonchev–Trinajstić information content (AvgIpc) is 2.62. The van der Waals surface area contributed by atoms with E-state index in [2.05, 4.69) is 24.0 Å². The molecule has 0 saturated carbocycles. The van der Waals surface area contributed by atoms with E-state index < -0.39 is 11.9 Å². The minimum atomic E-state index is -0.851. The van der Waals surface area contributed by atoms with Crippen LogP contribution >= 0.6 is 0 Å². The van der Waals surface area contributed by atoms with Crippen LogP contribution in [0.15, 0.2) is 4.52 Å². The fraction of sp³-hybridized carbons (Fsp3) is 0.727. The van der Waals surface area contributed by atoms with E-state index in [1.54, 1.807) is 13.8 Å². The van der Waals surface area contributed by atoms with Gasteiger partial charge >= 0.3 is 5.97 Å². The molecule has 1 aromatic rings. The molecule has 0 amide bonds. The van der Waals surface area contributed by atoms with E-state index in [1.165, 1.54) is 0 Å². The third-order valence-electron chi connectivity index (χ3n) is 2.60. The first-order valence-electron chi connectivity index (χ1n) is 5.47. The summed E-state index contributed by atoms with van der Waals surface area (Å²) in [6.45, 7) is 7.56. The van der Waals surface area contributed by atoms with E-state index in [9.17, 15) is 4.79 Å². The summed E-state index contributed by atoms with van der Waals surface area (Å²) < 4.78 is 5.07. The molecule has 1 rings (SSSR count). The van der Waals surface area contributed by atoms with Crippen LogP contribution in [0.2, 0.25) is 0 Å². The van der Waals surface area contributed by atoms with Gasteiger partial charge in [0.15, 0.2) is 5.82 Å². The molecule has 0 bridgehead atoms. The van der Waals surface area contributed by atoms with Gasteiger partial charge in [0, 0.05) is 12.3 Å². The highest BCUT2D eigenvalue weighted by molar-refractivity contribution is 5.70. The van der Waals surface area contributed by atoms with Gasteiger partial charge in [-0.25, -0.2) is 0 Å². The number of carboxylic acids is 1. The molecule has 5 nitrogen and oxygen atoms in total. The first-order chi connectivity index (χ1) is 7.41. The van der Waals surface area contributed by atoms with Gasteiger partial charge in [0.05, 0.1) is 5.92 Å². The van der Waals surface area contributed by atoms with Crippen LogP contribution in [0.1, 0.15) is 45.3 Å². The minimum Gasteiger partial charge on any atom is -0.481 e. The zero-order chi connectivity index (χ0) is 12.3. The molecule has 0 aliphatic heterocycles. The smallest absolute Gasteiger partial charge is 0.307 e. The van der Waals surface area contributed by atoms with E-state index in [1.807, 2.05) is 0 Å². The van der Waals surface area contributed by atoms with E-state index >= 15 is 0 Å². The lowest BCUT2D eigenvalue weighted by Gasteiger charge is -2.10. The highest BCUT2D eigenvalue weighted by Gasteiger charge is 2.25. The van der Waals surface area contributed by atoms with Gasteiger partial charge in [-0.05, 0) is 5.92 Å². The molecule has 1 heterocycles. The fourth-order valence-corrected chi connectivity index (χ4v) is 1.33. The standard InChI is InChI=1S/C11H18N2O3/c1-6(2)5-9-12-10(16-13-9)7(3)8(4)11(14)15/h6-8H,5H2,1-4H3,(H,14,15). The van der Waals surface area contributed by atoms with Crippen LogP contribution in [0.3, 0.4) is 0 Å². The molecule has 16 heavy (non-hydrogen) atoms. The molecule has 2 atom stereocenters. The SMILES string of the molecule is CC(C)Cc1noc(C(C)C(C)C(=O)O)n1. The van der Waals surface area contributed by atoms with Crippen LogP contribution in [-0.4, -0.2) is 21.2 Å². The Kier molecular flexibility index (Phi) is 4.04. The summed E-state index contributed by atoms with van der Waals surface area (Å²) in [5.74, 6) is -0.119. The van der Waals surface area contributed by atoms with Crippen molar-refractivity contribution >= 4 is 5.97 Å². The molecule has 0 saturated heterocycles. The normalized spacial score (nSPS) is 15.1. The third-order valence-corrected chi connectivity index (χ3v) is 2.60. The highest BCUT2D eigenvalue weighted by atomic mass is 16.5. The van der Waals surface area contributed by atoms with Crippen molar-refractivity contribution in [2.75, 3.05) is 0 Å². The van der Waals surface area contributed by atoms with Gasteiger partial charge in [0.1, 0.15) is 0 Å². The molecular weight excluding hydrogens is 208 g/mol. The van der Waals surface area contributed by atoms with Gasteiger partial charge < -0.3 is 9.63 Å². The number of rotatable bonds is 5. The van der Waals surface area contributed by atoms with Crippen molar-refractivity contribution in [2.45, 2.75) is 40.0 Å². The van der Waals surface area contributed by atoms with Gasteiger partial charge in [-0.15, -0.1) is 0 Å². The molecule has 5 heteroatoms. The van der Waals surface area contributed by atoms with E-state index in [0.29, 0.717) is 17.6 Å². The summed E-state index contributed by atoms with van der Waals surface area (Å²) in [7, 11) is 0. The zero-order valence-electron chi connectivity index (χ0n) is 10.1. The van der Waals surface area contributed by atoms with Crippen molar-refractivity contribution in [2.24, 2.45) is 11.8 Å².